The smallest absolute Gasteiger partial charge is 0.126 e. The Balaban J connectivity index is 0.000000673. The number of benzene rings is 1. The number of nitrogens with one attached hydrogen (secondary N) is 1. The van der Waals surface area contributed by atoms with E-state index in [9.17, 15) is 5.11 Å². The van der Waals surface area contributed by atoms with Crippen LogP contribution in [0.3, 0.4) is 0 Å². The zero-order valence-electron chi connectivity index (χ0n) is 9.56. The van der Waals surface area contributed by atoms with Gasteiger partial charge in [0.25, 0.3) is 0 Å². The van der Waals surface area contributed by atoms with Gasteiger partial charge in [0.15, 0.2) is 0 Å². The molecular formula is C11H19NO4. The first-order chi connectivity index (χ1) is 7.64. The van der Waals surface area contributed by atoms with E-state index in [1.807, 2.05) is 14.1 Å². The zero-order chi connectivity index (χ0) is 12.6. The molecule has 0 unspecified atom stereocenters. The van der Waals surface area contributed by atoms with Crippen molar-refractivity contribution in [1.29, 1.82) is 0 Å². The monoisotopic (exact) mass is 229 g/mol. The summed E-state index contributed by atoms with van der Waals surface area (Å²) in [7, 11) is 3.75. The minimum atomic E-state index is -0.313. The maximum Gasteiger partial charge on any atom is 0.126 e. The van der Waals surface area contributed by atoms with Crippen molar-refractivity contribution in [2.45, 2.75) is 19.8 Å². The van der Waals surface area contributed by atoms with Gasteiger partial charge in [0, 0.05) is 11.1 Å². The Bertz CT molecular complexity index is 290. The van der Waals surface area contributed by atoms with Gasteiger partial charge in [0.2, 0.25) is 0 Å². The average molecular weight is 229 g/mol. The second-order valence-electron chi connectivity index (χ2n) is 3.24. The molecule has 1 aromatic carbocycles. The standard InChI is InChI=1S/C9H12O4.C2H7N/c10-3-6-1-7(4-11)9(13)8(2-6)5-12;1-3-2/h1-2,10-13H,3-5H2;3H,1-2H3. The molecule has 0 bridgehead atoms. The van der Waals surface area contributed by atoms with Gasteiger partial charge >= 0.3 is 0 Å². The van der Waals surface area contributed by atoms with E-state index in [0.29, 0.717) is 16.7 Å². The van der Waals surface area contributed by atoms with Gasteiger partial charge in [-0.05, 0) is 31.8 Å². The van der Waals surface area contributed by atoms with Crippen LogP contribution in [0.2, 0.25) is 0 Å². The Morgan fingerprint density at radius 2 is 1.31 bits per heavy atom. The van der Waals surface area contributed by atoms with E-state index >= 15 is 0 Å². The number of aliphatic hydroxyl groups is 3. The van der Waals surface area contributed by atoms with E-state index in [2.05, 4.69) is 5.32 Å². The van der Waals surface area contributed by atoms with Gasteiger partial charge in [0.05, 0.1) is 19.8 Å². The Morgan fingerprint density at radius 1 is 0.938 bits per heavy atom. The number of rotatable bonds is 3. The fraction of sp³-hybridized carbons (Fsp3) is 0.455. The van der Waals surface area contributed by atoms with Crippen LogP contribution in [0.1, 0.15) is 16.7 Å². The summed E-state index contributed by atoms with van der Waals surface area (Å²) in [6.07, 6.45) is 0. The number of aromatic hydroxyl groups is 1. The molecule has 5 heteroatoms. The second kappa shape index (κ2) is 8.06. The summed E-state index contributed by atoms with van der Waals surface area (Å²) >= 11 is 0. The van der Waals surface area contributed by atoms with Crippen LogP contribution in [0.15, 0.2) is 12.1 Å². The highest BCUT2D eigenvalue weighted by Gasteiger charge is 2.07. The van der Waals surface area contributed by atoms with Crippen LogP contribution < -0.4 is 5.32 Å². The van der Waals surface area contributed by atoms with Crippen molar-refractivity contribution in [3.63, 3.8) is 0 Å². The predicted octanol–water partition coefficient (Wildman–Crippen LogP) is -0.295. The van der Waals surface area contributed by atoms with Gasteiger partial charge in [-0.25, -0.2) is 0 Å². The molecule has 0 saturated carbocycles. The summed E-state index contributed by atoms with van der Waals surface area (Å²) in [5.74, 6) is -0.109. The molecule has 0 aromatic heterocycles. The van der Waals surface area contributed by atoms with Crippen LogP contribution >= 0.6 is 0 Å². The van der Waals surface area contributed by atoms with Crippen molar-refractivity contribution in [3.05, 3.63) is 28.8 Å². The van der Waals surface area contributed by atoms with Crippen molar-refractivity contribution in [3.8, 4) is 5.75 Å². The van der Waals surface area contributed by atoms with Crippen LogP contribution in [0.25, 0.3) is 0 Å². The Kier molecular flexibility index (Phi) is 7.49. The van der Waals surface area contributed by atoms with E-state index in [1.165, 1.54) is 12.1 Å². The maximum atomic E-state index is 9.41. The highest BCUT2D eigenvalue weighted by atomic mass is 16.3. The minimum Gasteiger partial charge on any atom is -0.507 e. The van der Waals surface area contributed by atoms with E-state index in [4.69, 9.17) is 15.3 Å². The molecule has 5 nitrogen and oxygen atoms in total. The van der Waals surface area contributed by atoms with E-state index < -0.39 is 0 Å². The molecule has 0 fully saturated rings. The first-order valence-corrected chi connectivity index (χ1v) is 4.89. The number of phenols is 1. The summed E-state index contributed by atoms with van der Waals surface area (Å²) < 4.78 is 0. The fourth-order valence-corrected chi connectivity index (χ4v) is 1.16. The SMILES string of the molecule is CNC.OCc1cc(CO)c(O)c(CO)c1. The molecule has 1 rings (SSSR count). The van der Waals surface area contributed by atoms with Gasteiger partial charge in [-0.15, -0.1) is 0 Å². The zero-order valence-corrected chi connectivity index (χ0v) is 9.56. The van der Waals surface area contributed by atoms with E-state index in [0.717, 1.165) is 0 Å². The van der Waals surface area contributed by atoms with Crippen LogP contribution in [0, 0.1) is 0 Å². The molecule has 0 heterocycles. The molecule has 0 radical (unpaired) electrons. The average Bonchev–Trinajstić information content (AvgIpc) is 2.30. The summed E-state index contributed by atoms with van der Waals surface area (Å²) in [5, 5.41) is 38.7. The molecule has 0 aliphatic heterocycles. The summed E-state index contributed by atoms with van der Waals surface area (Å²) in [6, 6.07) is 2.99. The maximum absolute atomic E-state index is 9.41. The van der Waals surface area contributed by atoms with Crippen LogP contribution in [-0.2, 0) is 19.8 Å². The van der Waals surface area contributed by atoms with Gasteiger partial charge < -0.3 is 25.7 Å². The Hall–Kier alpha value is -1.14. The van der Waals surface area contributed by atoms with Crippen molar-refractivity contribution in [1.82, 2.24) is 5.32 Å². The summed E-state index contributed by atoms with van der Waals surface area (Å²) in [4.78, 5) is 0. The van der Waals surface area contributed by atoms with Gasteiger partial charge in [-0.1, -0.05) is 0 Å². The predicted molar refractivity (Wildman–Crippen MR) is 60.9 cm³/mol. The molecule has 0 aliphatic rings. The first-order valence-electron chi connectivity index (χ1n) is 4.89. The van der Waals surface area contributed by atoms with E-state index in [-0.39, 0.29) is 25.6 Å². The van der Waals surface area contributed by atoms with Crippen LogP contribution in [0.5, 0.6) is 5.75 Å². The second-order valence-corrected chi connectivity index (χ2v) is 3.24. The lowest BCUT2D eigenvalue weighted by Crippen LogP contribution is -1.95. The first kappa shape index (κ1) is 14.9. The normalized spacial score (nSPS) is 9.56. The van der Waals surface area contributed by atoms with Gasteiger partial charge in [-0.2, -0.15) is 0 Å². The molecule has 92 valence electrons. The van der Waals surface area contributed by atoms with Crippen LogP contribution in [0.4, 0.5) is 0 Å². The lowest BCUT2D eigenvalue weighted by molar-refractivity contribution is 0.259. The Labute approximate surface area is 95.0 Å². The van der Waals surface area contributed by atoms with Gasteiger partial charge in [0.1, 0.15) is 5.75 Å². The van der Waals surface area contributed by atoms with E-state index in [1.54, 1.807) is 0 Å². The largest absolute Gasteiger partial charge is 0.507 e. The van der Waals surface area contributed by atoms with Crippen molar-refractivity contribution in [2.75, 3.05) is 14.1 Å². The molecule has 16 heavy (non-hydrogen) atoms. The van der Waals surface area contributed by atoms with Crippen molar-refractivity contribution in [2.24, 2.45) is 0 Å². The minimum absolute atomic E-state index is 0.109. The van der Waals surface area contributed by atoms with Crippen molar-refractivity contribution >= 4 is 0 Å². The Morgan fingerprint density at radius 3 is 1.56 bits per heavy atom. The molecule has 0 atom stereocenters. The highest BCUT2D eigenvalue weighted by Crippen LogP contribution is 2.24. The molecule has 1 aromatic rings. The number of hydrogen-bond donors (Lipinski definition) is 5. The number of aliphatic hydroxyl groups excluding tert-OH is 3. The topological polar surface area (TPSA) is 93.0 Å². The number of hydrogen-bond acceptors (Lipinski definition) is 5. The van der Waals surface area contributed by atoms with Gasteiger partial charge in [-0.3, -0.25) is 0 Å². The molecule has 0 aliphatic carbocycles. The molecule has 0 spiro atoms. The van der Waals surface area contributed by atoms with Crippen LogP contribution in [-0.4, -0.2) is 34.5 Å². The highest BCUT2D eigenvalue weighted by molar-refractivity contribution is 5.42. The third-order valence-electron chi connectivity index (χ3n) is 1.85. The molecule has 0 amide bonds. The fourth-order valence-electron chi connectivity index (χ4n) is 1.16. The lowest BCUT2D eigenvalue weighted by Gasteiger charge is -2.08. The summed E-state index contributed by atoms with van der Waals surface area (Å²) in [6.45, 7) is -0.806. The lowest BCUT2D eigenvalue weighted by atomic mass is 10.1. The molecule has 0 saturated heterocycles. The molecular weight excluding hydrogens is 210 g/mol. The third kappa shape index (κ3) is 4.16. The third-order valence-corrected chi connectivity index (χ3v) is 1.85. The van der Waals surface area contributed by atoms with Crippen molar-refractivity contribution < 1.29 is 20.4 Å². The summed E-state index contributed by atoms with van der Waals surface area (Å²) in [5.41, 5.74) is 1.19. The molecule has 5 N–H and O–H groups in total. The quantitative estimate of drug-likeness (QED) is 0.491.